The van der Waals surface area contributed by atoms with Crippen LogP contribution in [0.5, 0.6) is 0 Å². The van der Waals surface area contributed by atoms with Gasteiger partial charge >= 0.3 is 6.16 Å². The lowest BCUT2D eigenvalue weighted by molar-refractivity contribution is -0.376. The molecule has 2 aliphatic heterocycles. The van der Waals surface area contributed by atoms with Crippen LogP contribution in [0.2, 0.25) is 0 Å². The molecule has 2 rings (SSSR count). The molecular formula is C13H22O13. The number of ether oxygens (including phenoxy) is 4. The zero-order valence-corrected chi connectivity index (χ0v) is 13.3. The van der Waals surface area contributed by atoms with E-state index < -0.39 is 80.8 Å². The Morgan fingerprint density at radius 1 is 0.769 bits per heavy atom. The molecule has 2 aliphatic rings. The fourth-order valence-corrected chi connectivity index (χ4v) is 2.73. The maximum atomic E-state index is 10.7. The lowest BCUT2D eigenvalue weighted by Gasteiger charge is -2.45. The van der Waals surface area contributed by atoms with Gasteiger partial charge in [-0.05, 0) is 0 Å². The van der Waals surface area contributed by atoms with Crippen molar-refractivity contribution in [1.82, 2.24) is 0 Å². The Kier molecular flexibility index (Phi) is 7.09. The summed E-state index contributed by atoms with van der Waals surface area (Å²) in [5, 5.41) is 76.4. The normalized spacial score (nSPS) is 46.7. The predicted octanol–water partition coefficient (Wildman–Crippen LogP) is -4.69. The van der Waals surface area contributed by atoms with Crippen molar-refractivity contribution in [2.24, 2.45) is 0 Å². The molecule has 0 aromatic heterocycles. The number of hydrogen-bond acceptors (Lipinski definition) is 12. The summed E-state index contributed by atoms with van der Waals surface area (Å²) in [5.74, 6) is 0. The molecule has 13 heteroatoms. The van der Waals surface area contributed by atoms with Gasteiger partial charge < -0.3 is 59.8 Å². The summed E-state index contributed by atoms with van der Waals surface area (Å²) >= 11 is 0. The first-order valence-corrected chi connectivity index (χ1v) is 7.69. The van der Waals surface area contributed by atoms with Gasteiger partial charge in [0.15, 0.2) is 18.7 Å². The van der Waals surface area contributed by atoms with Crippen LogP contribution in [0.15, 0.2) is 0 Å². The molecule has 0 aliphatic carbocycles. The lowest BCUT2D eigenvalue weighted by atomic mass is 9.98. The van der Waals surface area contributed by atoms with E-state index in [2.05, 4.69) is 4.74 Å². The average Bonchev–Trinajstić information content (AvgIpc) is 2.60. The minimum absolute atomic E-state index is 0.721. The van der Waals surface area contributed by atoms with Crippen molar-refractivity contribution in [2.75, 3.05) is 13.2 Å². The molecule has 0 bridgehead atoms. The Morgan fingerprint density at radius 3 is 1.77 bits per heavy atom. The molecule has 2 fully saturated rings. The number of carbonyl (C=O) groups is 1. The highest BCUT2D eigenvalue weighted by Crippen LogP contribution is 2.29. The van der Waals surface area contributed by atoms with E-state index in [9.17, 15) is 35.4 Å². The smallest absolute Gasteiger partial charge is 0.450 e. The molecule has 13 nitrogen and oxygen atoms in total. The van der Waals surface area contributed by atoms with Gasteiger partial charge in [0.1, 0.15) is 42.7 Å². The van der Waals surface area contributed by atoms with Crippen LogP contribution in [0.3, 0.4) is 0 Å². The molecule has 0 amide bonds. The zero-order chi connectivity index (χ0) is 19.6. The summed E-state index contributed by atoms with van der Waals surface area (Å²) in [4.78, 5) is 10.7. The molecule has 152 valence electrons. The third-order valence-electron chi connectivity index (χ3n) is 4.18. The minimum atomic E-state index is -1.88. The molecule has 0 radical (unpaired) electrons. The number of carboxylic acid groups (broad SMARTS) is 1. The molecule has 8 N–H and O–H groups in total. The highest BCUT2D eigenvalue weighted by atomic mass is 16.8. The number of rotatable bonds is 5. The second-order valence-corrected chi connectivity index (χ2v) is 5.89. The summed E-state index contributed by atoms with van der Waals surface area (Å²) in [6, 6.07) is 0. The van der Waals surface area contributed by atoms with Gasteiger partial charge in [-0.1, -0.05) is 0 Å². The van der Waals surface area contributed by atoms with E-state index >= 15 is 0 Å². The van der Waals surface area contributed by atoms with E-state index in [1.54, 1.807) is 0 Å². The highest BCUT2D eigenvalue weighted by Gasteiger charge is 2.51. The Labute approximate surface area is 146 Å². The van der Waals surface area contributed by atoms with Crippen LogP contribution in [-0.4, -0.2) is 122 Å². The molecule has 0 unspecified atom stereocenters. The molecule has 2 heterocycles. The first kappa shape index (κ1) is 21.2. The summed E-state index contributed by atoms with van der Waals surface area (Å²) in [6.07, 6.45) is -18.4. The van der Waals surface area contributed by atoms with Crippen molar-refractivity contribution >= 4 is 6.16 Å². The van der Waals surface area contributed by atoms with Gasteiger partial charge in [-0.3, -0.25) is 0 Å². The number of aliphatic hydroxyl groups is 7. The Bertz CT molecular complexity index is 473. The molecule has 2 saturated heterocycles. The van der Waals surface area contributed by atoms with Crippen molar-refractivity contribution in [3.05, 3.63) is 0 Å². The predicted molar refractivity (Wildman–Crippen MR) is 75.5 cm³/mol. The monoisotopic (exact) mass is 386 g/mol. The van der Waals surface area contributed by atoms with Crippen LogP contribution >= 0.6 is 0 Å². The van der Waals surface area contributed by atoms with E-state index in [1.807, 2.05) is 0 Å². The second kappa shape index (κ2) is 8.71. The summed E-state index contributed by atoms with van der Waals surface area (Å²) in [7, 11) is 0. The topological polar surface area (TPSA) is 216 Å². The van der Waals surface area contributed by atoms with E-state index in [0.29, 0.717) is 0 Å². The van der Waals surface area contributed by atoms with Crippen LogP contribution in [0.4, 0.5) is 4.79 Å². The Balaban J connectivity index is 2.14. The highest BCUT2D eigenvalue weighted by molar-refractivity contribution is 5.57. The fraction of sp³-hybridized carbons (Fsp3) is 0.923. The molecular weight excluding hydrogens is 364 g/mol. The maximum absolute atomic E-state index is 10.7. The molecule has 26 heavy (non-hydrogen) atoms. The van der Waals surface area contributed by atoms with E-state index in [-0.39, 0.29) is 0 Å². The summed E-state index contributed by atoms with van der Waals surface area (Å²) in [5.41, 5.74) is 0. The van der Waals surface area contributed by atoms with Crippen molar-refractivity contribution < 1.29 is 64.6 Å². The van der Waals surface area contributed by atoms with Gasteiger partial charge in [-0.2, -0.15) is 0 Å². The minimum Gasteiger partial charge on any atom is -0.450 e. The third kappa shape index (κ3) is 4.23. The lowest BCUT2D eigenvalue weighted by Crippen LogP contribution is -2.64. The van der Waals surface area contributed by atoms with Crippen molar-refractivity contribution in [1.29, 1.82) is 0 Å². The maximum Gasteiger partial charge on any atom is 0.506 e. The average molecular weight is 386 g/mol. The van der Waals surface area contributed by atoms with E-state index in [4.69, 9.17) is 24.4 Å². The van der Waals surface area contributed by atoms with Crippen LogP contribution in [0.1, 0.15) is 0 Å². The van der Waals surface area contributed by atoms with Gasteiger partial charge in [-0.25, -0.2) is 4.79 Å². The van der Waals surface area contributed by atoms with Gasteiger partial charge in [0.2, 0.25) is 0 Å². The largest absolute Gasteiger partial charge is 0.506 e. The SMILES string of the molecule is O=C(O)O[C@@H]1[C@@H](O)[C@@H](O[C@H]2O[C@H](CO)[C@@H](O)[C@H](O)[C@H]2O)O[C@H](CO)[C@H]1O. The fourth-order valence-electron chi connectivity index (χ4n) is 2.73. The van der Waals surface area contributed by atoms with Gasteiger partial charge in [0, 0.05) is 0 Å². The van der Waals surface area contributed by atoms with Crippen LogP contribution < -0.4 is 0 Å². The molecule has 0 spiro atoms. The first-order valence-electron chi connectivity index (χ1n) is 7.69. The van der Waals surface area contributed by atoms with Crippen LogP contribution in [0.25, 0.3) is 0 Å². The van der Waals surface area contributed by atoms with Crippen LogP contribution in [-0.2, 0) is 18.9 Å². The Morgan fingerprint density at radius 2 is 1.27 bits per heavy atom. The van der Waals surface area contributed by atoms with Crippen LogP contribution in [0, 0.1) is 0 Å². The van der Waals surface area contributed by atoms with E-state index in [0.717, 1.165) is 0 Å². The van der Waals surface area contributed by atoms with Gasteiger partial charge in [0.25, 0.3) is 0 Å². The van der Waals surface area contributed by atoms with Gasteiger partial charge in [-0.15, -0.1) is 0 Å². The third-order valence-corrected chi connectivity index (χ3v) is 4.18. The second-order valence-electron chi connectivity index (χ2n) is 5.89. The molecule has 10 atom stereocenters. The van der Waals surface area contributed by atoms with Crippen molar-refractivity contribution in [3.8, 4) is 0 Å². The Hall–Kier alpha value is -1.13. The molecule has 0 aromatic carbocycles. The zero-order valence-electron chi connectivity index (χ0n) is 13.3. The van der Waals surface area contributed by atoms with Crippen molar-refractivity contribution in [2.45, 2.75) is 61.4 Å². The quantitative estimate of drug-likeness (QED) is 0.209. The van der Waals surface area contributed by atoms with E-state index in [1.165, 1.54) is 0 Å². The first-order chi connectivity index (χ1) is 12.2. The summed E-state index contributed by atoms with van der Waals surface area (Å²) in [6.45, 7) is -1.50. The number of aliphatic hydroxyl groups excluding tert-OH is 7. The summed E-state index contributed by atoms with van der Waals surface area (Å²) < 4.78 is 19.8. The van der Waals surface area contributed by atoms with Gasteiger partial charge in [0.05, 0.1) is 13.2 Å². The standard InChI is InChI=1S/C13H22O13/c14-1-3-5(16)7(18)8(19)11(23-3)26-12-9(20)10(25-13(21)22)6(17)4(2-15)24-12/h3-12,14-20H,1-2H2,(H,21,22)/t3-,4-,5-,6-,7+,8-,9-,10+,11-,12-/m1/s1. The molecule has 0 saturated carbocycles. The van der Waals surface area contributed by atoms with Crippen molar-refractivity contribution in [3.63, 3.8) is 0 Å². The number of hydrogen-bond donors (Lipinski definition) is 8. The molecule has 0 aromatic rings.